The maximum absolute atomic E-state index is 5.97. The molecule has 0 radical (unpaired) electrons. The van der Waals surface area contributed by atoms with Crippen molar-refractivity contribution in [1.82, 2.24) is 24.9 Å². The van der Waals surface area contributed by atoms with E-state index in [4.69, 9.17) is 4.74 Å². The maximum atomic E-state index is 5.97. The highest BCUT2D eigenvalue weighted by Crippen LogP contribution is 2.18. The fourth-order valence-corrected chi connectivity index (χ4v) is 2.73. The van der Waals surface area contributed by atoms with Gasteiger partial charge in [-0.25, -0.2) is 9.67 Å². The van der Waals surface area contributed by atoms with Crippen molar-refractivity contribution in [3.8, 4) is 5.88 Å². The van der Waals surface area contributed by atoms with Gasteiger partial charge < -0.3 is 15.0 Å². The molecule has 0 amide bonds. The Hall–Kier alpha value is -2.15. The number of pyridine rings is 1. The van der Waals surface area contributed by atoms with Crippen molar-refractivity contribution in [3.05, 3.63) is 30.2 Å². The molecule has 7 nitrogen and oxygen atoms in total. The second kappa shape index (κ2) is 7.39. The van der Waals surface area contributed by atoms with E-state index in [9.17, 15) is 0 Å². The first-order chi connectivity index (χ1) is 11.9. The summed E-state index contributed by atoms with van der Waals surface area (Å²) < 4.78 is 7.85. The molecule has 1 aliphatic heterocycles. The number of ether oxygens (including phenoxy) is 1. The highest BCUT2D eigenvalue weighted by atomic mass is 16.5. The van der Waals surface area contributed by atoms with Crippen molar-refractivity contribution in [2.75, 3.05) is 25.5 Å². The Balaban J connectivity index is 1.50. The van der Waals surface area contributed by atoms with E-state index in [0.717, 1.165) is 37.3 Å². The quantitative estimate of drug-likeness (QED) is 0.899. The van der Waals surface area contributed by atoms with Crippen molar-refractivity contribution in [3.63, 3.8) is 0 Å². The lowest BCUT2D eigenvalue weighted by atomic mass is 10.1. The average Bonchev–Trinajstić information content (AvgIpc) is 3.06. The van der Waals surface area contributed by atoms with Crippen LogP contribution in [0.5, 0.6) is 5.88 Å². The van der Waals surface area contributed by atoms with Crippen LogP contribution < -0.4 is 10.1 Å². The van der Waals surface area contributed by atoms with Gasteiger partial charge in [0.1, 0.15) is 11.8 Å². The Kier molecular flexibility index (Phi) is 5.22. The molecule has 3 heterocycles. The minimum absolute atomic E-state index is 0.0558. The van der Waals surface area contributed by atoms with Crippen LogP contribution >= 0.6 is 0 Å². The predicted molar refractivity (Wildman–Crippen MR) is 97.7 cm³/mol. The second-order valence-corrected chi connectivity index (χ2v) is 7.68. The molecule has 2 aromatic heterocycles. The van der Waals surface area contributed by atoms with Gasteiger partial charge in [-0.2, -0.15) is 0 Å². The van der Waals surface area contributed by atoms with Gasteiger partial charge in [-0.1, -0.05) is 5.21 Å². The van der Waals surface area contributed by atoms with Gasteiger partial charge in [-0.15, -0.1) is 5.10 Å². The van der Waals surface area contributed by atoms with Crippen LogP contribution in [0.3, 0.4) is 0 Å². The Labute approximate surface area is 149 Å². The van der Waals surface area contributed by atoms with Gasteiger partial charge in [0.25, 0.3) is 0 Å². The summed E-state index contributed by atoms with van der Waals surface area (Å²) in [6.45, 7) is 9.09. The van der Waals surface area contributed by atoms with Gasteiger partial charge in [0.15, 0.2) is 0 Å². The zero-order valence-corrected chi connectivity index (χ0v) is 15.6. The molecule has 7 heteroatoms. The maximum Gasteiger partial charge on any atom is 0.213 e. The van der Waals surface area contributed by atoms with Crippen molar-refractivity contribution in [2.45, 2.75) is 51.8 Å². The number of piperidine rings is 1. The zero-order valence-electron chi connectivity index (χ0n) is 15.6. The number of rotatable bonds is 5. The number of nitrogens with zero attached hydrogens (tertiary/aromatic N) is 5. The molecule has 0 bridgehead atoms. The highest BCUT2D eigenvalue weighted by molar-refractivity contribution is 5.42. The van der Waals surface area contributed by atoms with E-state index in [0.29, 0.717) is 12.4 Å². The minimum atomic E-state index is -0.0558. The van der Waals surface area contributed by atoms with Gasteiger partial charge in [-0.3, -0.25) is 0 Å². The van der Waals surface area contributed by atoms with Crippen LogP contribution in [-0.4, -0.2) is 51.1 Å². The summed E-state index contributed by atoms with van der Waals surface area (Å²) >= 11 is 0. The summed E-state index contributed by atoms with van der Waals surface area (Å²) in [5.41, 5.74) is 1.79. The van der Waals surface area contributed by atoms with Gasteiger partial charge >= 0.3 is 0 Å². The van der Waals surface area contributed by atoms with Crippen molar-refractivity contribution >= 4 is 5.69 Å². The molecule has 25 heavy (non-hydrogen) atoms. The molecule has 0 aromatic carbocycles. The van der Waals surface area contributed by atoms with Gasteiger partial charge in [-0.05, 0) is 46.7 Å². The fourth-order valence-electron chi connectivity index (χ4n) is 2.73. The summed E-state index contributed by atoms with van der Waals surface area (Å²) in [5, 5.41) is 11.7. The minimum Gasteiger partial charge on any atom is -0.474 e. The molecule has 0 unspecified atom stereocenters. The topological polar surface area (TPSA) is 68.1 Å². The molecule has 136 valence electrons. The van der Waals surface area contributed by atoms with Gasteiger partial charge in [0.05, 0.1) is 30.2 Å². The number of aromatic nitrogens is 4. The summed E-state index contributed by atoms with van der Waals surface area (Å²) in [5.74, 6) is 0.693. The van der Waals surface area contributed by atoms with Gasteiger partial charge in [0, 0.05) is 19.2 Å². The lowest BCUT2D eigenvalue weighted by molar-refractivity contribution is 0.110. The fraction of sp³-hybridized carbons (Fsp3) is 0.611. The summed E-state index contributed by atoms with van der Waals surface area (Å²) in [6.07, 6.45) is 6.16. The molecule has 0 spiro atoms. The van der Waals surface area contributed by atoms with E-state index in [-0.39, 0.29) is 11.6 Å². The predicted octanol–water partition coefficient (Wildman–Crippen LogP) is 2.51. The number of likely N-dealkylation sites (tertiary alicyclic amines) is 1. The van der Waals surface area contributed by atoms with Crippen LogP contribution in [0.25, 0.3) is 0 Å². The number of hydrogen-bond acceptors (Lipinski definition) is 6. The molecular formula is C18H28N6O. The SMILES string of the molecule is CN1CCC(Oc2ccc(NCc3cn(C(C)(C)C)nn3)cn2)CC1. The van der Waals surface area contributed by atoms with Gasteiger partial charge in [0.2, 0.25) is 5.88 Å². The first kappa shape index (κ1) is 17.7. The molecule has 0 atom stereocenters. The Morgan fingerprint density at radius 1 is 1.24 bits per heavy atom. The van der Waals surface area contributed by atoms with Crippen LogP contribution in [0.1, 0.15) is 39.3 Å². The lowest BCUT2D eigenvalue weighted by Gasteiger charge is -2.28. The summed E-state index contributed by atoms with van der Waals surface area (Å²) in [4.78, 5) is 6.74. The van der Waals surface area contributed by atoms with E-state index in [1.165, 1.54) is 0 Å². The van der Waals surface area contributed by atoms with Crippen molar-refractivity contribution in [1.29, 1.82) is 0 Å². The zero-order chi connectivity index (χ0) is 17.9. The molecule has 3 rings (SSSR count). The number of nitrogens with one attached hydrogen (secondary N) is 1. The smallest absolute Gasteiger partial charge is 0.213 e. The summed E-state index contributed by atoms with van der Waals surface area (Å²) in [7, 11) is 2.15. The lowest BCUT2D eigenvalue weighted by Crippen LogP contribution is -2.35. The van der Waals surface area contributed by atoms with Crippen LogP contribution in [0, 0.1) is 0 Å². The van der Waals surface area contributed by atoms with E-state index in [1.54, 1.807) is 6.20 Å². The van der Waals surface area contributed by atoms with E-state index in [2.05, 4.69) is 53.3 Å². The third kappa shape index (κ3) is 4.92. The van der Waals surface area contributed by atoms with Crippen molar-refractivity contribution < 1.29 is 4.74 Å². The van der Waals surface area contributed by atoms with Crippen LogP contribution in [-0.2, 0) is 12.1 Å². The Morgan fingerprint density at radius 2 is 2.00 bits per heavy atom. The molecule has 2 aromatic rings. The van der Waals surface area contributed by atoms with Crippen LogP contribution in [0.4, 0.5) is 5.69 Å². The molecule has 1 fully saturated rings. The largest absolute Gasteiger partial charge is 0.474 e. The molecule has 1 saturated heterocycles. The summed E-state index contributed by atoms with van der Waals surface area (Å²) in [6, 6.07) is 3.91. The molecular weight excluding hydrogens is 316 g/mol. The second-order valence-electron chi connectivity index (χ2n) is 7.68. The Bertz CT molecular complexity index is 668. The molecule has 1 N–H and O–H groups in total. The Morgan fingerprint density at radius 3 is 2.60 bits per heavy atom. The third-order valence-electron chi connectivity index (χ3n) is 4.39. The number of anilines is 1. The van der Waals surface area contributed by atoms with Crippen molar-refractivity contribution in [2.24, 2.45) is 0 Å². The molecule has 0 saturated carbocycles. The van der Waals surface area contributed by atoms with E-state index >= 15 is 0 Å². The molecule has 1 aliphatic rings. The standard InChI is InChI=1S/C18H28N6O/c1-18(2,3)24-13-15(21-22-24)12-19-14-5-6-17(20-11-14)25-16-7-9-23(4)10-8-16/h5-6,11,13,16,19H,7-10,12H2,1-4H3. The first-order valence-corrected chi connectivity index (χ1v) is 8.87. The number of hydrogen-bond donors (Lipinski definition) is 1. The third-order valence-corrected chi connectivity index (χ3v) is 4.39. The van der Waals surface area contributed by atoms with E-state index < -0.39 is 0 Å². The normalized spacial score (nSPS) is 16.8. The molecule has 0 aliphatic carbocycles. The van der Waals surface area contributed by atoms with E-state index in [1.807, 2.05) is 23.0 Å². The average molecular weight is 344 g/mol. The van der Waals surface area contributed by atoms with Crippen LogP contribution in [0.15, 0.2) is 24.5 Å². The highest BCUT2D eigenvalue weighted by Gasteiger charge is 2.18. The first-order valence-electron chi connectivity index (χ1n) is 8.87. The monoisotopic (exact) mass is 344 g/mol. The van der Waals surface area contributed by atoms with Crippen LogP contribution in [0.2, 0.25) is 0 Å².